The maximum atomic E-state index is 13.5. The largest absolute Gasteiger partial charge is 0.393 e. The molecule has 1 atom stereocenters. The first-order chi connectivity index (χ1) is 9.97. The van der Waals surface area contributed by atoms with E-state index in [0.29, 0.717) is 30.0 Å². The molecule has 1 N–H and O–H groups in total. The van der Waals surface area contributed by atoms with Crippen LogP contribution < -0.4 is 0 Å². The summed E-state index contributed by atoms with van der Waals surface area (Å²) in [6.45, 7) is 6.09. The average molecular weight is 293 g/mol. The number of benzene rings is 1. The monoisotopic (exact) mass is 293 g/mol. The van der Waals surface area contributed by atoms with Crippen molar-refractivity contribution in [3.05, 3.63) is 35.1 Å². The summed E-state index contributed by atoms with van der Waals surface area (Å²) in [5, 5.41) is 9.57. The molecule has 1 saturated heterocycles. The van der Waals surface area contributed by atoms with Crippen molar-refractivity contribution in [3.8, 4) is 0 Å². The number of aliphatic hydroxyl groups is 1. The number of aryl methyl sites for hydroxylation is 1. The molecule has 0 aromatic heterocycles. The van der Waals surface area contributed by atoms with Crippen molar-refractivity contribution in [3.63, 3.8) is 0 Å². The molecule has 1 heterocycles. The molecule has 1 aliphatic rings. The Bertz CT molecular complexity index is 494. The minimum atomic E-state index is -0.321. The fourth-order valence-corrected chi connectivity index (χ4v) is 2.83. The molecule has 0 saturated carbocycles. The standard InChI is InChI=1S/C17H24FNO2/c1-12-3-4-15(11-16(12)18)17(21)7-10-19-8-5-14(6-9-19)13(2)20/h3-4,11,13-14,20H,5-10H2,1-2H3. The van der Waals surface area contributed by atoms with Crippen molar-refractivity contribution in [1.29, 1.82) is 0 Å². The van der Waals surface area contributed by atoms with Crippen molar-refractivity contribution in [1.82, 2.24) is 4.90 Å². The first-order valence-electron chi connectivity index (χ1n) is 7.67. The summed E-state index contributed by atoms with van der Waals surface area (Å²) in [4.78, 5) is 14.3. The maximum Gasteiger partial charge on any atom is 0.164 e. The lowest BCUT2D eigenvalue weighted by atomic mass is 9.92. The van der Waals surface area contributed by atoms with Crippen LogP contribution in [0, 0.1) is 18.7 Å². The van der Waals surface area contributed by atoms with E-state index in [0.717, 1.165) is 25.9 Å². The third kappa shape index (κ3) is 4.35. The van der Waals surface area contributed by atoms with Gasteiger partial charge in [0.25, 0.3) is 0 Å². The molecule has 0 spiro atoms. The van der Waals surface area contributed by atoms with E-state index in [9.17, 15) is 14.3 Å². The molecule has 1 aromatic carbocycles. The number of Topliss-reactive ketones (excluding diaryl/α,β-unsaturated/α-hetero) is 1. The van der Waals surface area contributed by atoms with E-state index in [1.807, 2.05) is 6.92 Å². The smallest absolute Gasteiger partial charge is 0.164 e. The number of rotatable bonds is 5. The molecule has 2 rings (SSSR count). The first-order valence-corrected chi connectivity index (χ1v) is 7.67. The van der Waals surface area contributed by atoms with Crippen LogP contribution in [0.25, 0.3) is 0 Å². The van der Waals surface area contributed by atoms with Gasteiger partial charge >= 0.3 is 0 Å². The summed E-state index contributed by atoms with van der Waals surface area (Å²) in [6, 6.07) is 4.68. The van der Waals surface area contributed by atoms with Crippen molar-refractivity contribution < 1.29 is 14.3 Å². The molecule has 3 nitrogen and oxygen atoms in total. The summed E-state index contributed by atoms with van der Waals surface area (Å²) in [5.41, 5.74) is 1.02. The molecule has 1 unspecified atom stereocenters. The van der Waals surface area contributed by atoms with Crippen LogP contribution in [-0.2, 0) is 0 Å². The number of likely N-dealkylation sites (tertiary alicyclic amines) is 1. The van der Waals surface area contributed by atoms with Crippen molar-refractivity contribution >= 4 is 5.78 Å². The zero-order valence-corrected chi connectivity index (χ0v) is 12.8. The van der Waals surface area contributed by atoms with Crippen molar-refractivity contribution in [2.24, 2.45) is 5.92 Å². The molecular weight excluding hydrogens is 269 g/mol. The second kappa shape index (κ2) is 7.14. The fourth-order valence-electron chi connectivity index (χ4n) is 2.83. The van der Waals surface area contributed by atoms with E-state index >= 15 is 0 Å². The Morgan fingerprint density at radius 1 is 1.43 bits per heavy atom. The zero-order valence-electron chi connectivity index (χ0n) is 12.8. The van der Waals surface area contributed by atoms with Crippen LogP contribution in [0.5, 0.6) is 0 Å². The lowest BCUT2D eigenvalue weighted by Crippen LogP contribution is -2.38. The SMILES string of the molecule is Cc1ccc(C(=O)CCN2CCC(C(C)O)CC2)cc1F. The number of carbonyl (C=O) groups excluding carboxylic acids is 1. The molecule has 116 valence electrons. The van der Waals surface area contributed by atoms with Gasteiger partial charge in [-0.25, -0.2) is 4.39 Å². The topological polar surface area (TPSA) is 40.5 Å². The van der Waals surface area contributed by atoms with Gasteiger partial charge in [-0.1, -0.05) is 12.1 Å². The van der Waals surface area contributed by atoms with Crippen LogP contribution in [0.2, 0.25) is 0 Å². The van der Waals surface area contributed by atoms with E-state index in [4.69, 9.17) is 0 Å². The summed E-state index contributed by atoms with van der Waals surface area (Å²) in [5.74, 6) is 0.0493. The molecular formula is C17H24FNO2. The molecule has 0 radical (unpaired) electrons. The summed E-state index contributed by atoms with van der Waals surface area (Å²) >= 11 is 0. The van der Waals surface area contributed by atoms with Crippen LogP contribution in [0.1, 0.15) is 42.1 Å². The van der Waals surface area contributed by atoms with Gasteiger partial charge in [0.2, 0.25) is 0 Å². The predicted molar refractivity (Wildman–Crippen MR) is 80.9 cm³/mol. The van der Waals surface area contributed by atoms with Crippen LogP contribution in [-0.4, -0.2) is 41.5 Å². The van der Waals surface area contributed by atoms with E-state index in [2.05, 4.69) is 4.90 Å². The normalized spacial score (nSPS) is 18.7. The molecule has 0 aliphatic carbocycles. The van der Waals surface area contributed by atoms with Gasteiger partial charge in [-0.15, -0.1) is 0 Å². The highest BCUT2D eigenvalue weighted by atomic mass is 19.1. The number of ketones is 1. The van der Waals surface area contributed by atoms with Gasteiger partial charge in [-0.3, -0.25) is 4.79 Å². The number of nitrogens with zero attached hydrogens (tertiary/aromatic N) is 1. The van der Waals surface area contributed by atoms with Crippen molar-refractivity contribution in [2.45, 2.75) is 39.2 Å². The summed E-state index contributed by atoms with van der Waals surface area (Å²) in [6.07, 6.45) is 2.13. The van der Waals surface area contributed by atoms with Crippen LogP contribution in [0.4, 0.5) is 4.39 Å². The highest BCUT2D eigenvalue weighted by Gasteiger charge is 2.22. The second-order valence-corrected chi connectivity index (χ2v) is 6.06. The van der Waals surface area contributed by atoms with Gasteiger partial charge < -0.3 is 10.0 Å². The molecule has 21 heavy (non-hydrogen) atoms. The first kappa shape index (κ1) is 16.1. The van der Waals surface area contributed by atoms with E-state index in [-0.39, 0.29) is 17.7 Å². The number of aliphatic hydroxyl groups excluding tert-OH is 1. The van der Waals surface area contributed by atoms with Gasteiger partial charge in [-0.2, -0.15) is 0 Å². The molecule has 4 heteroatoms. The number of halogens is 1. The highest BCUT2D eigenvalue weighted by Crippen LogP contribution is 2.21. The van der Waals surface area contributed by atoms with E-state index < -0.39 is 0 Å². The molecule has 0 amide bonds. The molecule has 1 fully saturated rings. The third-order valence-corrected chi connectivity index (χ3v) is 4.46. The lowest BCUT2D eigenvalue weighted by molar-refractivity contribution is 0.0693. The van der Waals surface area contributed by atoms with Crippen LogP contribution >= 0.6 is 0 Å². The summed E-state index contributed by atoms with van der Waals surface area (Å²) in [7, 11) is 0. The number of carbonyl (C=O) groups is 1. The van der Waals surface area contributed by atoms with Gasteiger partial charge in [0, 0.05) is 18.5 Å². The van der Waals surface area contributed by atoms with Gasteiger partial charge in [0.05, 0.1) is 6.10 Å². The maximum absolute atomic E-state index is 13.5. The van der Waals surface area contributed by atoms with Crippen molar-refractivity contribution in [2.75, 3.05) is 19.6 Å². The van der Waals surface area contributed by atoms with Gasteiger partial charge in [-0.05, 0) is 57.3 Å². The Labute approximate surface area is 125 Å². The zero-order chi connectivity index (χ0) is 15.4. The number of hydrogen-bond acceptors (Lipinski definition) is 3. The van der Waals surface area contributed by atoms with Crippen LogP contribution in [0.15, 0.2) is 18.2 Å². The van der Waals surface area contributed by atoms with Crippen LogP contribution in [0.3, 0.4) is 0 Å². The lowest BCUT2D eigenvalue weighted by Gasteiger charge is -2.33. The Morgan fingerprint density at radius 2 is 2.10 bits per heavy atom. The Balaban J connectivity index is 1.81. The summed E-state index contributed by atoms with van der Waals surface area (Å²) < 4.78 is 13.5. The quantitative estimate of drug-likeness (QED) is 0.849. The fraction of sp³-hybridized carbons (Fsp3) is 0.588. The number of piperidine rings is 1. The van der Waals surface area contributed by atoms with Gasteiger partial charge in [0.1, 0.15) is 5.82 Å². The van der Waals surface area contributed by atoms with E-state index in [1.54, 1.807) is 19.1 Å². The Kier molecular flexibility index (Phi) is 5.48. The predicted octanol–water partition coefficient (Wildman–Crippen LogP) is 2.80. The van der Waals surface area contributed by atoms with E-state index in [1.165, 1.54) is 6.07 Å². The third-order valence-electron chi connectivity index (χ3n) is 4.46. The molecule has 1 aliphatic heterocycles. The number of hydrogen-bond donors (Lipinski definition) is 1. The van der Waals surface area contributed by atoms with Gasteiger partial charge in [0.15, 0.2) is 5.78 Å². The Hall–Kier alpha value is -1.26. The minimum absolute atomic E-state index is 0.00782. The second-order valence-electron chi connectivity index (χ2n) is 6.06. The average Bonchev–Trinajstić information content (AvgIpc) is 2.48. The minimum Gasteiger partial charge on any atom is -0.393 e. The molecule has 1 aromatic rings. The highest BCUT2D eigenvalue weighted by molar-refractivity contribution is 5.96. The molecule has 0 bridgehead atoms. The Morgan fingerprint density at radius 3 is 2.67 bits per heavy atom.